The molecule has 0 atom stereocenters. The van der Waals surface area contributed by atoms with E-state index < -0.39 is 0 Å². The van der Waals surface area contributed by atoms with Crippen LogP contribution in [0.25, 0.3) is 10.2 Å². The Balaban J connectivity index is 1.81. The molecule has 1 amide bonds. The van der Waals surface area contributed by atoms with Crippen LogP contribution in [0, 0.1) is 45.9 Å². The summed E-state index contributed by atoms with van der Waals surface area (Å²) in [5.74, 6) is 0.0762. The number of fused-ring (bicyclic) bond motifs is 1. The number of nitrogens with zero attached hydrogens (tertiary/aromatic N) is 3. The number of nitriles is 1. The summed E-state index contributed by atoms with van der Waals surface area (Å²) in [6, 6.07) is 6.09. The number of carbonyl (C=O) groups excluding carboxylic acids is 1. The number of hydrogen-bond acceptors (Lipinski definition) is 6. The lowest BCUT2D eigenvalue weighted by atomic mass is 10.1. The van der Waals surface area contributed by atoms with Crippen LogP contribution in [0.2, 0.25) is 0 Å². The van der Waals surface area contributed by atoms with E-state index in [1.54, 1.807) is 11.3 Å². The van der Waals surface area contributed by atoms with E-state index in [1.807, 2.05) is 46.8 Å². The van der Waals surface area contributed by atoms with Crippen LogP contribution in [0.5, 0.6) is 0 Å². The Morgan fingerprint density at radius 1 is 1.15 bits per heavy atom. The minimum absolute atomic E-state index is 0.118. The van der Waals surface area contributed by atoms with Gasteiger partial charge in [0.1, 0.15) is 15.9 Å². The van der Waals surface area contributed by atoms with E-state index in [0.29, 0.717) is 10.6 Å². The first-order valence-corrected chi connectivity index (χ1v) is 10.3. The normalized spacial score (nSPS) is 10.8. The van der Waals surface area contributed by atoms with E-state index in [0.717, 1.165) is 43.3 Å². The third-order valence-corrected chi connectivity index (χ3v) is 6.17. The lowest BCUT2D eigenvalue weighted by molar-refractivity contribution is -0.113. The van der Waals surface area contributed by atoms with Crippen LogP contribution in [0.15, 0.2) is 17.2 Å². The highest BCUT2D eigenvalue weighted by molar-refractivity contribution is 8.00. The van der Waals surface area contributed by atoms with Gasteiger partial charge in [0.2, 0.25) is 5.91 Å². The molecule has 3 rings (SSSR count). The van der Waals surface area contributed by atoms with Crippen LogP contribution in [0.3, 0.4) is 0 Å². The number of carbonyl (C=O) groups is 1. The van der Waals surface area contributed by atoms with Crippen molar-refractivity contribution in [2.45, 2.75) is 39.6 Å². The first kappa shape index (κ1) is 19.3. The Labute approximate surface area is 166 Å². The smallest absolute Gasteiger partial charge is 0.234 e. The molecule has 0 unspecified atom stereocenters. The van der Waals surface area contributed by atoms with E-state index in [4.69, 9.17) is 0 Å². The molecule has 0 saturated heterocycles. The molecule has 0 bridgehead atoms. The summed E-state index contributed by atoms with van der Waals surface area (Å²) in [5, 5.41) is 14.0. The zero-order valence-corrected chi connectivity index (χ0v) is 17.6. The van der Waals surface area contributed by atoms with Crippen molar-refractivity contribution in [2.24, 2.45) is 0 Å². The number of hydrogen-bond donors (Lipinski definition) is 1. The van der Waals surface area contributed by atoms with Gasteiger partial charge in [-0.15, -0.1) is 11.3 Å². The van der Waals surface area contributed by atoms with Crippen molar-refractivity contribution in [1.29, 1.82) is 5.26 Å². The Morgan fingerprint density at radius 2 is 1.81 bits per heavy atom. The molecule has 27 heavy (non-hydrogen) atoms. The monoisotopic (exact) mass is 396 g/mol. The molecule has 0 aromatic carbocycles. The summed E-state index contributed by atoms with van der Waals surface area (Å²) in [6.07, 6.45) is 0. The fraction of sp³-hybridized carbons (Fsp3) is 0.300. The van der Waals surface area contributed by atoms with Gasteiger partial charge in [-0.25, -0.2) is 9.97 Å². The van der Waals surface area contributed by atoms with Gasteiger partial charge in [0.05, 0.1) is 17.0 Å². The summed E-state index contributed by atoms with van der Waals surface area (Å²) >= 11 is 2.88. The molecule has 0 radical (unpaired) electrons. The molecule has 1 N–H and O–H groups in total. The molecule has 0 fully saturated rings. The number of nitrogens with one attached hydrogen (secondary N) is 1. The van der Waals surface area contributed by atoms with Gasteiger partial charge >= 0.3 is 0 Å². The standard InChI is InChI=1S/C20H20N4OS2/c1-10-6-12(3)22-19(15(10)8-21)26-9-16(25)24-18-14(5)27-20-17(18)11(2)7-13(4)23-20/h6-7H,9H2,1-5H3,(H,24,25). The molecule has 0 aliphatic heterocycles. The molecule has 5 nitrogen and oxygen atoms in total. The molecule has 0 spiro atoms. The third kappa shape index (κ3) is 3.97. The Morgan fingerprint density at radius 3 is 2.52 bits per heavy atom. The van der Waals surface area contributed by atoms with Crippen LogP contribution in [-0.2, 0) is 4.79 Å². The quantitative estimate of drug-likeness (QED) is 0.639. The van der Waals surface area contributed by atoms with Crippen LogP contribution >= 0.6 is 23.1 Å². The van der Waals surface area contributed by atoms with Crippen LogP contribution in [0.1, 0.15) is 33.0 Å². The van der Waals surface area contributed by atoms with Crippen LogP contribution < -0.4 is 5.32 Å². The summed E-state index contributed by atoms with van der Waals surface area (Å²) in [6.45, 7) is 9.77. The summed E-state index contributed by atoms with van der Waals surface area (Å²) in [4.78, 5) is 23.5. The molecule has 138 valence electrons. The number of thioether (sulfide) groups is 1. The molecule has 0 aliphatic carbocycles. The van der Waals surface area contributed by atoms with Crippen molar-refractivity contribution in [3.63, 3.8) is 0 Å². The second-order valence-electron chi connectivity index (χ2n) is 6.50. The SMILES string of the molecule is Cc1cc(C)c(C#N)c(SCC(=O)Nc2c(C)sc3nc(C)cc(C)c23)n1. The molecule has 0 saturated carbocycles. The zero-order valence-electron chi connectivity index (χ0n) is 15.9. The van der Waals surface area contributed by atoms with E-state index in [2.05, 4.69) is 21.4 Å². The van der Waals surface area contributed by atoms with Crippen molar-refractivity contribution in [3.8, 4) is 6.07 Å². The molecule has 3 aromatic heterocycles. The summed E-state index contributed by atoms with van der Waals surface area (Å²) < 4.78 is 0. The number of rotatable bonds is 4. The predicted molar refractivity (Wildman–Crippen MR) is 112 cm³/mol. The maximum atomic E-state index is 12.6. The van der Waals surface area contributed by atoms with Crippen molar-refractivity contribution >= 4 is 44.9 Å². The van der Waals surface area contributed by atoms with Crippen molar-refractivity contribution in [3.05, 3.63) is 45.1 Å². The number of anilines is 1. The van der Waals surface area contributed by atoms with Gasteiger partial charge in [0.15, 0.2) is 0 Å². The second-order valence-corrected chi connectivity index (χ2v) is 8.67. The average molecular weight is 397 g/mol. The van der Waals surface area contributed by atoms with Crippen molar-refractivity contribution in [2.75, 3.05) is 11.1 Å². The number of aromatic nitrogens is 2. The zero-order chi connectivity index (χ0) is 19.7. The highest BCUT2D eigenvalue weighted by atomic mass is 32.2. The van der Waals surface area contributed by atoms with E-state index in [1.165, 1.54) is 11.8 Å². The molecular formula is C20H20N4OS2. The van der Waals surface area contributed by atoms with Gasteiger partial charge < -0.3 is 5.32 Å². The van der Waals surface area contributed by atoms with Crippen molar-refractivity contribution in [1.82, 2.24) is 9.97 Å². The van der Waals surface area contributed by atoms with Gasteiger partial charge in [-0.2, -0.15) is 5.26 Å². The largest absolute Gasteiger partial charge is 0.324 e. The summed E-state index contributed by atoms with van der Waals surface area (Å²) in [7, 11) is 0. The Hall–Kier alpha value is -2.43. The third-order valence-electron chi connectivity index (χ3n) is 4.19. The van der Waals surface area contributed by atoms with E-state index >= 15 is 0 Å². The minimum Gasteiger partial charge on any atom is -0.324 e. The van der Waals surface area contributed by atoms with Gasteiger partial charge in [0.25, 0.3) is 0 Å². The van der Waals surface area contributed by atoms with Crippen molar-refractivity contribution < 1.29 is 4.79 Å². The lowest BCUT2D eigenvalue weighted by Crippen LogP contribution is -2.15. The molecule has 0 aliphatic rings. The predicted octanol–water partition coefficient (Wildman–Crippen LogP) is 4.84. The first-order chi connectivity index (χ1) is 12.8. The Kier molecular flexibility index (Phi) is 5.49. The second kappa shape index (κ2) is 7.67. The van der Waals surface area contributed by atoms with Gasteiger partial charge in [-0.3, -0.25) is 4.79 Å². The number of pyridine rings is 2. The Bertz CT molecular complexity index is 1100. The maximum absolute atomic E-state index is 12.6. The van der Waals surface area contributed by atoms with Crippen LogP contribution in [0.4, 0.5) is 5.69 Å². The molecule has 3 heterocycles. The number of amides is 1. The summed E-state index contributed by atoms with van der Waals surface area (Å²) in [5.41, 5.74) is 5.16. The van der Waals surface area contributed by atoms with E-state index in [-0.39, 0.29) is 11.7 Å². The number of aryl methyl sites for hydroxylation is 5. The molecule has 7 heteroatoms. The minimum atomic E-state index is -0.118. The molecular weight excluding hydrogens is 376 g/mol. The fourth-order valence-electron chi connectivity index (χ4n) is 3.06. The topological polar surface area (TPSA) is 78.7 Å². The first-order valence-electron chi connectivity index (χ1n) is 8.48. The average Bonchev–Trinajstić information content (AvgIpc) is 2.88. The van der Waals surface area contributed by atoms with Crippen LogP contribution in [-0.4, -0.2) is 21.6 Å². The highest BCUT2D eigenvalue weighted by Gasteiger charge is 2.17. The fourth-order valence-corrected chi connectivity index (χ4v) is 5.05. The van der Waals surface area contributed by atoms with Gasteiger partial charge in [-0.05, 0) is 57.9 Å². The lowest BCUT2D eigenvalue weighted by Gasteiger charge is -2.09. The van der Waals surface area contributed by atoms with Gasteiger partial charge in [0, 0.05) is 21.7 Å². The molecule has 3 aromatic rings. The van der Waals surface area contributed by atoms with E-state index in [9.17, 15) is 10.1 Å². The van der Waals surface area contributed by atoms with Gasteiger partial charge in [-0.1, -0.05) is 11.8 Å². The maximum Gasteiger partial charge on any atom is 0.234 e. The number of thiophene rings is 1. The highest BCUT2D eigenvalue weighted by Crippen LogP contribution is 2.36.